The highest BCUT2D eigenvalue weighted by Crippen LogP contribution is 2.11. The lowest BCUT2D eigenvalue weighted by molar-refractivity contribution is -0.197. The predicted octanol–water partition coefficient (Wildman–Crippen LogP) is 1.76. The molecular weight excluding hydrogens is 216 g/mol. The van der Waals surface area contributed by atoms with Crippen LogP contribution in [0, 0.1) is 0 Å². The van der Waals surface area contributed by atoms with Crippen LogP contribution in [0.3, 0.4) is 0 Å². The number of nitrogens with two attached hydrogens (primary N) is 1. The van der Waals surface area contributed by atoms with Gasteiger partial charge in [-0.25, -0.2) is 5.06 Å². The van der Waals surface area contributed by atoms with Crippen molar-refractivity contribution in [3.05, 3.63) is 29.8 Å². The standard InChI is InChI=1S/C13H18N2O2/c14-12-6-3-11(4-7-12)5-8-13(16)15-9-1-2-10-17-15/h3-4,6-7H,1-2,5,8-10,14H2. The molecule has 0 atom stereocenters. The van der Waals surface area contributed by atoms with E-state index >= 15 is 0 Å². The van der Waals surface area contributed by atoms with Gasteiger partial charge in [0.15, 0.2) is 0 Å². The quantitative estimate of drug-likeness (QED) is 0.811. The van der Waals surface area contributed by atoms with Crippen LogP contribution in [0.5, 0.6) is 0 Å². The molecule has 2 N–H and O–H groups in total. The zero-order valence-electron chi connectivity index (χ0n) is 9.89. The average molecular weight is 234 g/mol. The van der Waals surface area contributed by atoms with Gasteiger partial charge in [0.2, 0.25) is 5.91 Å². The molecule has 0 bridgehead atoms. The molecule has 0 aromatic heterocycles. The third kappa shape index (κ3) is 3.46. The van der Waals surface area contributed by atoms with Crippen LogP contribution in [-0.4, -0.2) is 24.1 Å². The zero-order chi connectivity index (χ0) is 12.1. The van der Waals surface area contributed by atoms with Crippen molar-refractivity contribution in [2.45, 2.75) is 25.7 Å². The summed E-state index contributed by atoms with van der Waals surface area (Å²) in [5, 5.41) is 1.50. The van der Waals surface area contributed by atoms with Crippen molar-refractivity contribution in [1.82, 2.24) is 5.06 Å². The number of carbonyl (C=O) groups is 1. The molecule has 0 unspecified atom stereocenters. The van der Waals surface area contributed by atoms with Crippen LogP contribution in [0.1, 0.15) is 24.8 Å². The van der Waals surface area contributed by atoms with Crippen molar-refractivity contribution in [2.75, 3.05) is 18.9 Å². The van der Waals surface area contributed by atoms with Gasteiger partial charge in [0.1, 0.15) is 0 Å². The second kappa shape index (κ2) is 5.68. The van der Waals surface area contributed by atoms with E-state index in [4.69, 9.17) is 10.6 Å². The van der Waals surface area contributed by atoms with Crippen LogP contribution in [0.15, 0.2) is 24.3 Å². The lowest BCUT2D eigenvalue weighted by Crippen LogP contribution is -2.35. The van der Waals surface area contributed by atoms with Crippen molar-refractivity contribution in [3.8, 4) is 0 Å². The molecule has 4 heteroatoms. The number of benzene rings is 1. The Hall–Kier alpha value is -1.55. The minimum absolute atomic E-state index is 0.0709. The number of rotatable bonds is 3. The molecule has 1 aromatic rings. The third-order valence-corrected chi connectivity index (χ3v) is 2.89. The SMILES string of the molecule is Nc1ccc(CCC(=O)N2CCCCO2)cc1. The Balaban J connectivity index is 1.81. The van der Waals surface area contributed by atoms with E-state index in [1.165, 1.54) is 5.06 Å². The average Bonchev–Trinajstić information content (AvgIpc) is 2.39. The van der Waals surface area contributed by atoms with E-state index in [0.717, 1.165) is 37.1 Å². The molecule has 1 saturated heterocycles. The monoisotopic (exact) mass is 234 g/mol. The number of hydrogen-bond donors (Lipinski definition) is 1. The van der Waals surface area contributed by atoms with Gasteiger partial charge in [0, 0.05) is 18.7 Å². The molecule has 4 nitrogen and oxygen atoms in total. The van der Waals surface area contributed by atoms with Gasteiger partial charge in [-0.05, 0) is 37.0 Å². The summed E-state index contributed by atoms with van der Waals surface area (Å²) in [4.78, 5) is 17.1. The van der Waals surface area contributed by atoms with Gasteiger partial charge < -0.3 is 5.73 Å². The van der Waals surface area contributed by atoms with Crippen LogP contribution >= 0.6 is 0 Å². The lowest BCUT2D eigenvalue weighted by atomic mass is 10.1. The van der Waals surface area contributed by atoms with Gasteiger partial charge >= 0.3 is 0 Å². The molecule has 0 saturated carbocycles. The molecule has 0 aliphatic carbocycles. The second-order valence-electron chi connectivity index (χ2n) is 4.28. The van der Waals surface area contributed by atoms with Gasteiger partial charge in [0.25, 0.3) is 0 Å². The number of anilines is 1. The van der Waals surface area contributed by atoms with Gasteiger partial charge in [-0.1, -0.05) is 12.1 Å². The Labute approximate surface area is 101 Å². The van der Waals surface area contributed by atoms with Gasteiger partial charge in [0.05, 0.1) is 6.61 Å². The fourth-order valence-corrected chi connectivity index (χ4v) is 1.85. The smallest absolute Gasteiger partial charge is 0.246 e. The van der Waals surface area contributed by atoms with Crippen molar-refractivity contribution in [1.29, 1.82) is 0 Å². The van der Waals surface area contributed by atoms with E-state index in [2.05, 4.69) is 0 Å². The maximum absolute atomic E-state index is 11.8. The Morgan fingerprint density at radius 3 is 2.71 bits per heavy atom. The van der Waals surface area contributed by atoms with E-state index in [1.54, 1.807) is 0 Å². The molecule has 1 heterocycles. The van der Waals surface area contributed by atoms with Crippen molar-refractivity contribution in [2.24, 2.45) is 0 Å². The minimum Gasteiger partial charge on any atom is -0.399 e. The fraction of sp³-hybridized carbons (Fsp3) is 0.462. The first kappa shape index (κ1) is 11.9. The Bertz CT molecular complexity index is 370. The predicted molar refractivity (Wildman–Crippen MR) is 66.1 cm³/mol. The van der Waals surface area contributed by atoms with Gasteiger partial charge in [-0.3, -0.25) is 9.63 Å². The third-order valence-electron chi connectivity index (χ3n) is 2.89. The Kier molecular flexibility index (Phi) is 3.98. The van der Waals surface area contributed by atoms with Crippen molar-refractivity contribution < 1.29 is 9.63 Å². The van der Waals surface area contributed by atoms with E-state index in [9.17, 15) is 4.79 Å². The maximum atomic E-state index is 11.8. The maximum Gasteiger partial charge on any atom is 0.246 e. The van der Waals surface area contributed by atoms with E-state index in [1.807, 2.05) is 24.3 Å². The number of amides is 1. The summed E-state index contributed by atoms with van der Waals surface area (Å²) < 4.78 is 0. The number of hydroxylamine groups is 2. The molecule has 0 spiro atoms. The number of carbonyl (C=O) groups excluding carboxylic acids is 1. The minimum atomic E-state index is 0.0709. The van der Waals surface area contributed by atoms with E-state index in [0.29, 0.717) is 13.0 Å². The molecule has 0 radical (unpaired) electrons. The molecule has 1 fully saturated rings. The largest absolute Gasteiger partial charge is 0.399 e. The summed E-state index contributed by atoms with van der Waals surface area (Å²) in [6.45, 7) is 1.38. The molecular formula is C13H18N2O2. The van der Waals surface area contributed by atoms with Gasteiger partial charge in [-0.2, -0.15) is 0 Å². The Morgan fingerprint density at radius 1 is 1.29 bits per heavy atom. The van der Waals surface area contributed by atoms with Crippen LogP contribution in [-0.2, 0) is 16.1 Å². The topological polar surface area (TPSA) is 55.6 Å². The summed E-state index contributed by atoms with van der Waals surface area (Å²) in [6.07, 6.45) is 3.30. The highest BCUT2D eigenvalue weighted by atomic mass is 16.7. The van der Waals surface area contributed by atoms with Crippen LogP contribution < -0.4 is 5.73 Å². The first-order chi connectivity index (χ1) is 8.25. The molecule has 1 aromatic carbocycles. The van der Waals surface area contributed by atoms with Gasteiger partial charge in [-0.15, -0.1) is 0 Å². The zero-order valence-corrected chi connectivity index (χ0v) is 9.89. The molecule has 2 rings (SSSR count). The lowest BCUT2D eigenvalue weighted by Gasteiger charge is -2.25. The van der Waals surface area contributed by atoms with Crippen LogP contribution in [0.4, 0.5) is 5.69 Å². The molecule has 1 aliphatic rings. The molecule has 1 amide bonds. The van der Waals surface area contributed by atoms with E-state index < -0.39 is 0 Å². The van der Waals surface area contributed by atoms with E-state index in [-0.39, 0.29) is 5.91 Å². The first-order valence-electron chi connectivity index (χ1n) is 6.03. The fourth-order valence-electron chi connectivity index (χ4n) is 1.85. The van der Waals surface area contributed by atoms with Crippen molar-refractivity contribution in [3.63, 3.8) is 0 Å². The molecule has 1 aliphatic heterocycles. The summed E-state index contributed by atoms with van der Waals surface area (Å²) in [5.74, 6) is 0.0709. The van der Waals surface area contributed by atoms with Crippen molar-refractivity contribution >= 4 is 11.6 Å². The van der Waals surface area contributed by atoms with Crippen LogP contribution in [0.25, 0.3) is 0 Å². The molecule has 92 valence electrons. The summed E-state index contributed by atoms with van der Waals surface area (Å²) in [6, 6.07) is 7.63. The normalized spacial score (nSPS) is 15.9. The molecule has 17 heavy (non-hydrogen) atoms. The number of aryl methyl sites for hydroxylation is 1. The Morgan fingerprint density at radius 2 is 2.06 bits per heavy atom. The number of nitrogen functional groups attached to an aromatic ring is 1. The summed E-state index contributed by atoms with van der Waals surface area (Å²) in [5.41, 5.74) is 7.48. The first-order valence-corrected chi connectivity index (χ1v) is 6.03. The van der Waals surface area contributed by atoms with Crippen LogP contribution in [0.2, 0.25) is 0 Å². The second-order valence-corrected chi connectivity index (χ2v) is 4.28. The highest BCUT2D eigenvalue weighted by molar-refractivity contribution is 5.75. The summed E-state index contributed by atoms with van der Waals surface area (Å²) >= 11 is 0. The number of hydrogen-bond acceptors (Lipinski definition) is 3. The summed E-state index contributed by atoms with van der Waals surface area (Å²) in [7, 11) is 0. The highest BCUT2D eigenvalue weighted by Gasteiger charge is 2.17. The number of nitrogens with zero attached hydrogens (tertiary/aromatic N) is 1.